The molecule has 8 heteroatoms. The van der Waals surface area contributed by atoms with Gasteiger partial charge in [0.1, 0.15) is 0 Å². The number of likely N-dealkylation sites (tertiary alicyclic amines) is 1. The van der Waals surface area contributed by atoms with Gasteiger partial charge in [-0.1, -0.05) is 41.4 Å². The van der Waals surface area contributed by atoms with Gasteiger partial charge >= 0.3 is 0 Å². The maximum absolute atomic E-state index is 13.1. The van der Waals surface area contributed by atoms with E-state index in [-0.39, 0.29) is 36.7 Å². The van der Waals surface area contributed by atoms with Crippen LogP contribution in [-0.2, 0) is 16.0 Å². The Bertz CT molecular complexity index is 917. The van der Waals surface area contributed by atoms with Crippen molar-refractivity contribution < 1.29 is 9.59 Å². The van der Waals surface area contributed by atoms with Crippen molar-refractivity contribution in [1.82, 2.24) is 9.80 Å². The summed E-state index contributed by atoms with van der Waals surface area (Å²) >= 11 is 12.1. The van der Waals surface area contributed by atoms with E-state index in [0.717, 1.165) is 36.4 Å². The second-order valence-corrected chi connectivity index (χ2v) is 8.57. The lowest BCUT2D eigenvalue weighted by Gasteiger charge is -2.32. The SMILES string of the molecule is CC(=O)Nc1cccc([C@@H](CN2CCCC2)N(C)C(=O)Cc2ccc(Cl)c(Cl)c2)c1.Cl. The highest BCUT2D eigenvalue weighted by atomic mass is 35.5. The molecule has 5 nitrogen and oxygen atoms in total. The van der Waals surface area contributed by atoms with E-state index in [1.165, 1.54) is 19.8 Å². The van der Waals surface area contributed by atoms with Crippen LogP contribution in [0.5, 0.6) is 0 Å². The molecule has 0 aliphatic carbocycles. The lowest BCUT2D eigenvalue weighted by atomic mass is 10.0. The Balaban J connectivity index is 0.00000341. The standard InChI is InChI=1S/C23H27Cl2N3O2.ClH/c1-16(29)26-19-7-5-6-18(14-19)22(15-28-10-3-4-11-28)27(2)23(30)13-17-8-9-20(24)21(25)12-17;/h5-9,12,14,22H,3-4,10-11,13,15H2,1-2H3,(H,26,29);1H/t22-;/m1./s1. The topological polar surface area (TPSA) is 52.7 Å². The number of hydrogen-bond donors (Lipinski definition) is 1. The van der Waals surface area contributed by atoms with E-state index in [2.05, 4.69) is 10.2 Å². The molecule has 0 radical (unpaired) electrons. The summed E-state index contributed by atoms with van der Waals surface area (Å²) in [5.74, 6) is -0.116. The van der Waals surface area contributed by atoms with Gasteiger partial charge in [-0.05, 0) is 61.3 Å². The molecular weight excluding hydrogens is 457 g/mol. The molecular formula is C23H28Cl3N3O2. The number of carbonyl (C=O) groups is 2. The minimum Gasteiger partial charge on any atom is -0.337 e. The van der Waals surface area contributed by atoms with Gasteiger partial charge in [0.15, 0.2) is 0 Å². The minimum atomic E-state index is -0.118. The lowest BCUT2D eigenvalue weighted by molar-refractivity contribution is -0.131. The summed E-state index contributed by atoms with van der Waals surface area (Å²) in [5.41, 5.74) is 2.56. The van der Waals surface area contributed by atoms with Gasteiger partial charge in [-0.2, -0.15) is 0 Å². The molecule has 31 heavy (non-hydrogen) atoms. The summed E-state index contributed by atoms with van der Waals surface area (Å²) in [4.78, 5) is 28.8. The number of hydrogen-bond acceptors (Lipinski definition) is 3. The highest BCUT2D eigenvalue weighted by molar-refractivity contribution is 6.42. The molecule has 0 bridgehead atoms. The molecule has 1 fully saturated rings. The van der Waals surface area contributed by atoms with Crippen LogP contribution in [0, 0.1) is 0 Å². The minimum absolute atomic E-state index is 0. The van der Waals surface area contributed by atoms with Crippen molar-refractivity contribution in [2.75, 3.05) is 32.0 Å². The van der Waals surface area contributed by atoms with Gasteiger partial charge in [-0.25, -0.2) is 0 Å². The van der Waals surface area contributed by atoms with Gasteiger partial charge in [0.25, 0.3) is 0 Å². The maximum atomic E-state index is 13.1. The summed E-state index contributed by atoms with van der Waals surface area (Å²) in [6, 6.07) is 12.9. The van der Waals surface area contributed by atoms with E-state index in [9.17, 15) is 9.59 Å². The number of likely N-dealkylation sites (N-methyl/N-ethyl adjacent to an activating group) is 1. The van der Waals surface area contributed by atoms with E-state index in [4.69, 9.17) is 23.2 Å². The largest absolute Gasteiger partial charge is 0.337 e. The van der Waals surface area contributed by atoms with E-state index < -0.39 is 0 Å². The van der Waals surface area contributed by atoms with Crippen molar-refractivity contribution >= 4 is 53.1 Å². The predicted octanol–water partition coefficient (Wildman–Crippen LogP) is 5.21. The summed E-state index contributed by atoms with van der Waals surface area (Å²) in [7, 11) is 1.84. The van der Waals surface area contributed by atoms with Gasteiger partial charge in [0, 0.05) is 26.2 Å². The zero-order valence-electron chi connectivity index (χ0n) is 17.7. The van der Waals surface area contributed by atoms with E-state index in [1.807, 2.05) is 37.4 Å². The average molecular weight is 485 g/mol. The molecule has 2 aromatic rings. The second-order valence-electron chi connectivity index (χ2n) is 7.76. The number of amides is 2. The van der Waals surface area contributed by atoms with Gasteiger partial charge < -0.3 is 15.1 Å². The number of carbonyl (C=O) groups excluding carboxylic acids is 2. The van der Waals surface area contributed by atoms with Crippen LogP contribution in [0.4, 0.5) is 5.69 Å². The van der Waals surface area contributed by atoms with Crippen molar-refractivity contribution in [2.24, 2.45) is 0 Å². The monoisotopic (exact) mass is 483 g/mol. The van der Waals surface area contributed by atoms with Crippen LogP contribution in [-0.4, -0.2) is 48.3 Å². The first-order chi connectivity index (χ1) is 14.3. The van der Waals surface area contributed by atoms with Crippen LogP contribution in [0.15, 0.2) is 42.5 Å². The first-order valence-corrected chi connectivity index (χ1v) is 10.9. The fraction of sp³-hybridized carbons (Fsp3) is 0.391. The number of halogens is 3. The third-order valence-corrected chi connectivity index (χ3v) is 6.16. The summed E-state index contributed by atoms with van der Waals surface area (Å²) in [5, 5.41) is 3.75. The van der Waals surface area contributed by atoms with Crippen LogP contribution >= 0.6 is 35.6 Å². The van der Waals surface area contributed by atoms with Crippen molar-refractivity contribution in [2.45, 2.75) is 32.2 Å². The third-order valence-electron chi connectivity index (χ3n) is 5.42. The molecule has 0 unspecified atom stereocenters. The lowest BCUT2D eigenvalue weighted by Crippen LogP contribution is -2.39. The summed E-state index contributed by atoms with van der Waals surface area (Å²) in [6.07, 6.45) is 2.61. The number of rotatable bonds is 7. The van der Waals surface area contributed by atoms with Gasteiger partial charge in [-0.15, -0.1) is 12.4 Å². The number of nitrogens with zero attached hydrogens (tertiary/aromatic N) is 2. The maximum Gasteiger partial charge on any atom is 0.227 e. The Labute approximate surface area is 200 Å². The molecule has 2 amide bonds. The van der Waals surface area contributed by atoms with Gasteiger partial charge in [-0.3, -0.25) is 9.59 Å². The quantitative estimate of drug-likeness (QED) is 0.587. The summed E-state index contributed by atoms with van der Waals surface area (Å²) < 4.78 is 0. The smallest absolute Gasteiger partial charge is 0.227 e. The van der Waals surface area contributed by atoms with Gasteiger partial charge in [0.2, 0.25) is 11.8 Å². The molecule has 168 valence electrons. The predicted molar refractivity (Wildman–Crippen MR) is 129 cm³/mol. The zero-order chi connectivity index (χ0) is 21.7. The molecule has 1 atom stereocenters. The van der Waals surface area contributed by atoms with Crippen molar-refractivity contribution in [3.63, 3.8) is 0 Å². The average Bonchev–Trinajstić information content (AvgIpc) is 3.21. The fourth-order valence-electron chi connectivity index (χ4n) is 3.81. The van der Waals surface area contributed by atoms with Crippen molar-refractivity contribution in [3.8, 4) is 0 Å². The number of anilines is 1. The number of benzene rings is 2. The van der Waals surface area contributed by atoms with Crippen LogP contribution in [0.1, 0.15) is 36.9 Å². The van der Waals surface area contributed by atoms with Crippen molar-refractivity contribution in [1.29, 1.82) is 0 Å². The molecule has 1 N–H and O–H groups in total. The number of nitrogens with one attached hydrogen (secondary N) is 1. The van der Waals surface area contributed by atoms with E-state index in [0.29, 0.717) is 10.0 Å². The molecule has 1 aliphatic rings. The van der Waals surface area contributed by atoms with Crippen LogP contribution in [0.25, 0.3) is 0 Å². The Kier molecular flexibility index (Phi) is 9.63. The Morgan fingerprint density at radius 2 is 1.81 bits per heavy atom. The van der Waals surface area contributed by atoms with Crippen molar-refractivity contribution in [3.05, 3.63) is 63.6 Å². The fourth-order valence-corrected chi connectivity index (χ4v) is 4.13. The Morgan fingerprint density at radius 1 is 1.10 bits per heavy atom. The molecule has 0 spiro atoms. The Hall–Kier alpha value is -1.79. The zero-order valence-corrected chi connectivity index (χ0v) is 20.1. The first-order valence-electron chi connectivity index (χ1n) is 10.1. The highest BCUT2D eigenvalue weighted by Crippen LogP contribution is 2.27. The van der Waals surface area contributed by atoms with E-state index in [1.54, 1.807) is 17.0 Å². The molecule has 0 saturated carbocycles. The Morgan fingerprint density at radius 3 is 2.45 bits per heavy atom. The van der Waals surface area contributed by atoms with Crippen LogP contribution in [0.2, 0.25) is 10.0 Å². The third kappa shape index (κ3) is 7.11. The molecule has 3 rings (SSSR count). The summed E-state index contributed by atoms with van der Waals surface area (Å²) in [6.45, 7) is 4.32. The van der Waals surface area contributed by atoms with E-state index >= 15 is 0 Å². The molecule has 1 aliphatic heterocycles. The molecule has 2 aromatic carbocycles. The molecule has 1 saturated heterocycles. The molecule has 0 aromatic heterocycles. The van der Waals surface area contributed by atoms with Crippen LogP contribution < -0.4 is 5.32 Å². The normalized spacial score (nSPS) is 14.6. The highest BCUT2D eigenvalue weighted by Gasteiger charge is 2.26. The second kappa shape index (κ2) is 11.7. The van der Waals surface area contributed by atoms with Gasteiger partial charge in [0.05, 0.1) is 22.5 Å². The van der Waals surface area contributed by atoms with Crippen LogP contribution in [0.3, 0.4) is 0 Å². The molecule has 1 heterocycles. The first kappa shape index (κ1) is 25.5.